The molecule has 1 aromatic carbocycles. The quantitative estimate of drug-likeness (QED) is 0.693. The van der Waals surface area contributed by atoms with Gasteiger partial charge in [0.1, 0.15) is 5.69 Å². The number of rotatable bonds is 5. The first-order valence-electron chi connectivity index (χ1n) is 9.23. The number of carbonyl (C=O) groups is 1. The number of nitrogens with zero attached hydrogens (tertiary/aromatic N) is 3. The first-order chi connectivity index (χ1) is 13.3. The van der Waals surface area contributed by atoms with Gasteiger partial charge in [0.2, 0.25) is 5.95 Å². The van der Waals surface area contributed by atoms with Crippen LogP contribution >= 0.6 is 0 Å². The Balaban J connectivity index is 1.78. The van der Waals surface area contributed by atoms with Gasteiger partial charge in [-0.1, -0.05) is 45.0 Å². The Hall–Kier alpha value is -3.28. The van der Waals surface area contributed by atoms with Crippen LogP contribution in [-0.2, 0) is 12.0 Å². The van der Waals surface area contributed by atoms with Crippen molar-refractivity contribution in [1.82, 2.24) is 15.0 Å². The first-order valence-corrected chi connectivity index (χ1v) is 9.23. The van der Waals surface area contributed by atoms with Crippen LogP contribution in [0.4, 0.5) is 11.6 Å². The highest BCUT2D eigenvalue weighted by molar-refractivity contribution is 6.03. The normalized spacial score (nSPS) is 11.1. The highest BCUT2D eigenvalue weighted by atomic mass is 16.1. The van der Waals surface area contributed by atoms with Gasteiger partial charge in [0.25, 0.3) is 5.91 Å². The summed E-state index contributed by atoms with van der Waals surface area (Å²) in [5.74, 6) is 0.142. The minimum absolute atomic E-state index is 0.0825. The largest absolute Gasteiger partial charge is 0.349 e. The van der Waals surface area contributed by atoms with Gasteiger partial charge in [-0.05, 0) is 42.2 Å². The molecule has 3 rings (SSSR count). The van der Waals surface area contributed by atoms with Crippen molar-refractivity contribution in [2.75, 3.05) is 10.6 Å². The smallest absolute Gasteiger partial charge is 0.274 e. The Morgan fingerprint density at radius 2 is 1.79 bits per heavy atom. The Morgan fingerprint density at radius 3 is 2.50 bits per heavy atom. The molecule has 0 aliphatic heterocycles. The predicted molar refractivity (Wildman–Crippen MR) is 111 cm³/mol. The van der Waals surface area contributed by atoms with Crippen LogP contribution in [0.1, 0.15) is 48.2 Å². The first kappa shape index (κ1) is 19.5. The number of hydrogen-bond acceptors (Lipinski definition) is 5. The van der Waals surface area contributed by atoms with E-state index in [0.717, 1.165) is 16.9 Å². The zero-order valence-corrected chi connectivity index (χ0v) is 16.7. The molecule has 0 saturated heterocycles. The lowest BCUT2D eigenvalue weighted by atomic mass is 9.86. The standard InChI is InChI=1S/C22H25N5O/c1-15-13-19(27-21(25-15)24-14-16-9-7-8-12-23-16)20(28)26-18-11-6-5-10-17(18)22(2,3)4/h5-13H,14H2,1-4H3,(H,26,28)(H,24,25,27). The van der Waals surface area contributed by atoms with Crippen molar-refractivity contribution in [2.24, 2.45) is 0 Å². The third kappa shape index (κ3) is 4.91. The molecule has 0 bridgehead atoms. The van der Waals surface area contributed by atoms with E-state index in [9.17, 15) is 4.79 Å². The fourth-order valence-electron chi connectivity index (χ4n) is 2.87. The second-order valence-corrected chi connectivity index (χ2v) is 7.64. The lowest BCUT2D eigenvalue weighted by Crippen LogP contribution is -2.20. The highest BCUT2D eigenvalue weighted by Crippen LogP contribution is 2.29. The Kier molecular flexibility index (Phi) is 5.68. The molecule has 2 aromatic heterocycles. The zero-order valence-electron chi connectivity index (χ0n) is 16.7. The van der Waals surface area contributed by atoms with Crippen LogP contribution in [0.2, 0.25) is 0 Å². The molecule has 0 unspecified atom stereocenters. The van der Waals surface area contributed by atoms with Crippen molar-refractivity contribution in [2.45, 2.75) is 39.7 Å². The number of nitrogens with one attached hydrogen (secondary N) is 2. The summed E-state index contributed by atoms with van der Waals surface area (Å²) in [4.78, 5) is 25.8. The van der Waals surface area contributed by atoms with Crippen LogP contribution < -0.4 is 10.6 Å². The summed E-state index contributed by atoms with van der Waals surface area (Å²) in [5.41, 5.74) is 3.69. The van der Waals surface area contributed by atoms with Crippen LogP contribution in [0, 0.1) is 6.92 Å². The van der Waals surface area contributed by atoms with E-state index < -0.39 is 0 Å². The minimum Gasteiger partial charge on any atom is -0.349 e. The molecule has 6 nitrogen and oxygen atoms in total. The van der Waals surface area contributed by atoms with Gasteiger partial charge in [0.05, 0.1) is 12.2 Å². The summed E-state index contributed by atoms with van der Waals surface area (Å²) < 4.78 is 0. The van der Waals surface area contributed by atoms with E-state index in [4.69, 9.17) is 0 Å². The molecular formula is C22H25N5O. The number of benzene rings is 1. The van der Waals surface area contributed by atoms with Crippen LogP contribution in [0.5, 0.6) is 0 Å². The molecule has 0 aliphatic carbocycles. The van der Waals surface area contributed by atoms with Gasteiger partial charge in [0.15, 0.2) is 0 Å². The minimum atomic E-state index is -0.261. The SMILES string of the molecule is Cc1cc(C(=O)Nc2ccccc2C(C)(C)C)nc(NCc2ccccn2)n1. The molecule has 0 radical (unpaired) electrons. The summed E-state index contributed by atoms with van der Waals surface area (Å²) in [5, 5.41) is 6.12. The number of hydrogen-bond donors (Lipinski definition) is 2. The molecule has 1 amide bonds. The number of pyridine rings is 1. The number of para-hydroxylation sites is 1. The Morgan fingerprint density at radius 1 is 1.04 bits per heavy atom. The van der Waals surface area contributed by atoms with E-state index in [1.54, 1.807) is 12.3 Å². The van der Waals surface area contributed by atoms with E-state index in [0.29, 0.717) is 23.9 Å². The van der Waals surface area contributed by atoms with Crippen molar-refractivity contribution in [3.05, 3.63) is 77.4 Å². The van der Waals surface area contributed by atoms with E-state index in [1.165, 1.54) is 0 Å². The third-order valence-corrected chi connectivity index (χ3v) is 4.22. The molecule has 0 spiro atoms. The van der Waals surface area contributed by atoms with Gasteiger partial charge in [-0.3, -0.25) is 9.78 Å². The molecule has 6 heteroatoms. The lowest BCUT2D eigenvalue weighted by Gasteiger charge is -2.23. The van der Waals surface area contributed by atoms with E-state index >= 15 is 0 Å². The van der Waals surface area contributed by atoms with Crippen molar-refractivity contribution in [3.63, 3.8) is 0 Å². The Bertz CT molecular complexity index is 964. The summed E-state index contributed by atoms with van der Waals surface area (Å²) in [6.45, 7) is 8.68. The molecule has 144 valence electrons. The van der Waals surface area contributed by atoms with Gasteiger partial charge >= 0.3 is 0 Å². The molecule has 0 saturated carbocycles. The number of amides is 1. The van der Waals surface area contributed by atoms with Crippen LogP contribution in [0.25, 0.3) is 0 Å². The van der Waals surface area contributed by atoms with Gasteiger partial charge < -0.3 is 10.6 Å². The molecule has 0 fully saturated rings. The number of carbonyl (C=O) groups excluding carboxylic acids is 1. The van der Waals surface area contributed by atoms with Crippen LogP contribution in [0.3, 0.4) is 0 Å². The summed E-state index contributed by atoms with van der Waals surface area (Å²) >= 11 is 0. The van der Waals surface area contributed by atoms with Crippen molar-refractivity contribution in [3.8, 4) is 0 Å². The third-order valence-electron chi connectivity index (χ3n) is 4.22. The van der Waals surface area contributed by atoms with Crippen LogP contribution in [0.15, 0.2) is 54.7 Å². The topological polar surface area (TPSA) is 79.8 Å². The summed E-state index contributed by atoms with van der Waals surface area (Å²) in [6, 6.07) is 15.2. The van der Waals surface area contributed by atoms with Gasteiger partial charge in [-0.25, -0.2) is 9.97 Å². The van der Waals surface area contributed by atoms with E-state index in [-0.39, 0.29) is 11.3 Å². The molecule has 0 aliphatic rings. The lowest BCUT2D eigenvalue weighted by molar-refractivity contribution is 0.102. The second-order valence-electron chi connectivity index (χ2n) is 7.64. The average molecular weight is 375 g/mol. The van der Waals surface area contributed by atoms with Crippen LogP contribution in [-0.4, -0.2) is 20.9 Å². The fourth-order valence-corrected chi connectivity index (χ4v) is 2.87. The summed E-state index contributed by atoms with van der Waals surface area (Å²) in [7, 11) is 0. The van der Waals surface area contributed by atoms with E-state index in [2.05, 4.69) is 46.4 Å². The number of aryl methyl sites for hydroxylation is 1. The van der Waals surface area contributed by atoms with Crippen molar-refractivity contribution in [1.29, 1.82) is 0 Å². The Labute approximate surface area is 165 Å². The van der Waals surface area contributed by atoms with Crippen molar-refractivity contribution >= 4 is 17.5 Å². The maximum atomic E-state index is 12.8. The van der Waals surface area contributed by atoms with Gasteiger partial charge in [0, 0.05) is 17.6 Å². The maximum Gasteiger partial charge on any atom is 0.274 e. The fraction of sp³-hybridized carbons (Fsp3) is 0.273. The predicted octanol–water partition coefficient (Wildman–Crippen LogP) is 4.34. The molecule has 2 N–H and O–H groups in total. The number of anilines is 2. The number of aromatic nitrogens is 3. The summed E-state index contributed by atoms with van der Waals surface area (Å²) in [6.07, 6.45) is 1.74. The zero-order chi connectivity index (χ0) is 20.1. The molecule has 0 atom stereocenters. The average Bonchev–Trinajstić information content (AvgIpc) is 2.66. The molecular weight excluding hydrogens is 350 g/mol. The van der Waals surface area contributed by atoms with Gasteiger partial charge in [-0.15, -0.1) is 0 Å². The van der Waals surface area contributed by atoms with E-state index in [1.807, 2.05) is 49.4 Å². The second kappa shape index (κ2) is 8.17. The van der Waals surface area contributed by atoms with Gasteiger partial charge in [-0.2, -0.15) is 0 Å². The molecule has 2 heterocycles. The maximum absolute atomic E-state index is 12.8. The highest BCUT2D eigenvalue weighted by Gasteiger charge is 2.19. The van der Waals surface area contributed by atoms with Crippen molar-refractivity contribution < 1.29 is 4.79 Å². The molecule has 28 heavy (non-hydrogen) atoms. The molecule has 3 aromatic rings. The monoisotopic (exact) mass is 375 g/mol.